The molecular formula is C9H12N2O4S. The van der Waals surface area contributed by atoms with Crippen LogP contribution < -0.4 is 5.32 Å². The van der Waals surface area contributed by atoms with Gasteiger partial charge in [-0.1, -0.05) is 0 Å². The number of esters is 1. The molecule has 0 unspecified atom stereocenters. The maximum absolute atomic E-state index is 10.8. The molecule has 1 heterocycles. The minimum Gasteiger partial charge on any atom is -0.476 e. The van der Waals surface area contributed by atoms with Crippen molar-refractivity contribution in [3.63, 3.8) is 0 Å². The highest BCUT2D eigenvalue weighted by Gasteiger charge is 2.08. The first kappa shape index (κ1) is 12.6. The maximum Gasteiger partial charge on any atom is 0.365 e. The topological polar surface area (TPSA) is 88.5 Å². The van der Waals surface area contributed by atoms with Gasteiger partial charge in [0.15, 0.2) is 0 Å². The van der Waals surface area contributed by atoms with Crippen molar-refractivity contribution in [1.82, 2.24) is 10.3 Å². The number of ether oxygens (including phenoxy) is 1. The predicted octanol–water partition coefficient (Wildman–Crippen LogP) is 0.494. The summed E-state index contributed by atoms with van der Waals surface area (Å²) in [7, 11) is 1.34. The highest BCUT2D eigenvalue weighted by atomic mass is 32.1. The number of carboxylic acids is 1. The van der Waals surface area contributed by atoms with Crippen molar-refractivity contribution < 1.29 is 19.4 Å². The van der Waals surface area contributed by atoms with Gasteiger partial charge in [-0.25, -0.2) is 9.78 Å². The molecule has 0 fully saturated rings. The SMILES string of the molecule is COC(=O)CCNCc1csc(C(=O)O)n1. The fraction of sp³-hybridized carbons (Fsp3) is 0.444. The number of carbonyl (C=O) groups excluding carboxylic acids is 1. The Morgan fingerprint density at radius 2 is 2.38 bits per heavy atom. The number of nitrogens with one attached hydrogen (secondary N) is 1. The van der Waals surface area contributed by atoms with Crippen LogP contribution in [0.5, 0.6) is 0 Å². The molecule has 0 amide bonds. The summed E-state index contributed by atoms with van der Waals surface area (Å²) >= 11 is 1.08. The van der Waals surface area contributed by atoms with Gasteiger partial charge in [0.2, 0.25) is 5.01 Å². The van der Waals surface area contributed by atoms with Crippen molar-refractivity contribution in [1.29, 1.82) is 0 Å². The number of carboxylic acid groups (broad SMARTS) is 1. The van der Waals surface area contributed by atoms with E-state index in [0.29, 0.717) is 18.8 Å². The van der Waals surface area contributed by atoms with Gasteiger partial charge in [-0.05, 0) is 0 Å². The number of hydrogen-bond acceptors (Lipinski definition) is 6. The van der Waals surface area contributed by atoms with E-state index in [2.05, 4.69) is 15.0 Å². The van der Waals surface area contributed by atoms with Crippen molar-refractivity contribution in [3.05, 3.63) is 16.1 Å². The first-order valence-electron chi connectivity index (χ1n) is 4.58. The lowest BCUT2D eigenvalue weighted by molar-refractivity contribution is -0.140. The van der Waals surface area contributed by atoms with Gasteiger partial charge in [0, 0.05) is 18.5 Å². The molecule has 0 aliphatic carbocycles. The third-order valence-corrected chi connectivity index (χ3v) is 2.65. The maximum atomic E-state index is 10.8. The molecule has 6 nitrogen and oxygen atoms in total. The van der Waals surface area contributed by atoms with Crippen LogP contribution >= 0.6 is 11.3 Å². The van der Waals surface area contributed by atoms with Gasteiger partial charge in [-0.15, -0.1) is 11.3 Å². The van der Waals surface area contributed by atoms with Gasteiger partial charge in [0.1, 0.15) is 0 Å². The Morgan fingerprint density at radius 1 is 1.62 bits per heavy atom. The molecule has 0 spiro atoms. The Labute approximate surface area is 96.3 Å². The summed E-state index contributed by atoms with van der Waals surface area (Å²) in [5, 5.41) is 13.4. The Kier molecular flexibility index (Phi) is 4.87. The van der Waals surface area contributed by atoms with Crippen LogP contribution in [0.15, 0.2) is 5.38 Å². The summed E-state index contributed by atoms with van der Waals surface area (Å²) in [5.74, 6) is -1.30. The van der Waals surface area contributed by atoms with E-state index in [4.69, 9.17) is 5.11 Å². The molecule has 1 rings (SSSR count). The number of carbonyl (C=O) groups is 2. The zero-order chi connectivity index (χ0) is 12.0. The lowest BCUT2D eigenvalue weighted by Crippen LogP contribution is -2.18. The quantitative estimate of drug-likeness (QED) is 0.559. The van der Waals surface area contributed by atoms with Crippen LogP contribution in [-0.2, 0) is 16.1 Å². The lowest BCUT2D eigenvalue weighted by atomic mass is 10.4. The Hall–Kier alpha value is -1.47. The summed E-state index contributed by atoms with van der Waals surface area (Å²) in [6, 6.07) is 0. The van der Waals surface area contributed by atoms with Crippen molar-refractivity contribution in [3.8, 4) is 0 Å². The van der Waals surface area contributed by atoms with Crippen LogP contribution in [0.3, 0.4) is 0 Å². The van der Waals surface area contributed by atoms with Crippen molar-refractivity contribution >= 4 is 23.3 Å². The standard InChI is InChI=1S/C9H12N2O4S/c1-15-7(12)2-3-10-4-6-5-16-8(11-6)9(13)14/h5,10H,2-4H2,1H3,(H,13,14). The number of aromatic carboxylic acids is 1. The molecule has 1 aromatic heterocycles. The molecule has 0 aliphatic rings. The monoisotopic (exact) mass is 244 g/mol. The van der Waals surface area contributed by atoms with Gasteiger partial charge in [-0.3, -0.25) is 4.79 Å². The van der Waals surface area contributed by atoms with Crippen LogP contribution in [0.25, 0.3) is 0 Å². The van der Waals surface area contributed by atoms with E-state index < -0.39 is 5.97 Å². The van der Waals surface area contributed by atoms with E-state index in [1.54, 1.807) is 5.38 Å². The zero-order valence-corrected chi connectivity index (χ0v) is 9.54. The number of hydrogen-bond donors (Lipinski definition) is 2. The molecule has 1 aromatic rings. The average Bonchev–Trinajstić information content (AvgIpc) is 2.72. The van der Waals surface area contributed by atoms with E-state index in [0.717, 1.165) is 11.3 Å². The second-order valence-corrected chi connectivity index (χ2v) is 3.81. The van der Waals surface area contributed by atoms with Gasteiger partial charge in [0.25, 0.3) is 0 Å². The van der Waals surface area contributed by atoms with Crippen LogP contribution in [0.2, 0.25) is 0 Å². The molecule has 0 radical (unpaired) electrons. The third kappa shape index (κ3) is 3.95. The van der Waals surface area contributed by atoms with E-state index >= 15 is 0 Å². The third-order valence-electron chi connectivity index (χ3n) is 1.77. The van der Waals surface area contributed by atoms with Crippen LogP contribution in [0.1, 0.15) is 21.9 Å². The molecule has 16 heavy (non-hydrogen) atoms. The highest BCUT2D eigenvalue weighted by molar-refractivity contribution is 7.11. The van der Waals surface area contributed by atoms with Crippen molar-refractivity contribution in [2.24, 2.45) is 0 Å². The number of aromatic nitrogens is 1. The number of methoxy groups -OCH3 is 1. The van der Waals surface area contributed by atoms with Gasteiger partial charge in [-0.2, -0.15) is 0 Å². The second-order valence-electron chi connectivity index (χ2n) is 2.95. The second kappa shape index (κ2) is 6.19. The summed E-state index contributed by atoms with van der Waals surface area (Å²) in [5.41, 5.74) is 0.660. The first-order chi connectivity index (χ1) is 7.63. The van der Waals surface area contributed by atoms with Crippen LogP contribution in [-0.4, -0.2) is 35.7 Å². The van der Waals surface area contributed by atoms with E-state index in [1.165, 1.54) is 7.11 Å². The summed E-state index contributed by atoms with van der Waals surface area (Å²) in [6.07, 6.45) is 0.284. The number of rotatable bonds is 6. The Bertz CT molecular complexity index is 377. The molecule has 0 atom stereocenters. The number of nitrogens with zero attached hydrogens (tertiary/aromatic N) is 1. The Morgan fingerprint density at radius 3 is 2.94 bits per heavy atom. The summed E-state index contributed by atoms with van der Waals surface area (Å²) in [6.45, 7) is 0.924. The minimum absolute atomic E-state index is 0.0739. The van der Waals surface area contributed by atoms with E-state index in [1.807, 2.05) is 0 Å². The average molecular weight is 244 g/mol. The largest absolute Gasteiger partial charge is 0.476 e. The molecule has 0 saturated carbocycles. The van der Waals surface area contributed by atoms with Gasteiger partial charge in [0.05, 0.1) is 19.2 Å². The lowest BCUT2D eigenvalue weighted by Gasteiger charge is -2.00. The predicted molar refractivity (Wildman–Crippen MR) is 57.4 cm³/mol. The highest BCUT2D eigenvalue weighted by Crippen LogP contribution is 2.09. The van der Waals surface area contributed by atoms with Gasteiger partial charge >= 0.3 is 11.9 Å². The molecule has 0 saturated heterocycles. The fourth-order valence-corrected chi connectivity index (χ4v) is 1.65. The first-order valence-corrected chi connectivity index (χ1v) is 5.46. The normalized spacial score (nSPS) is 10.1. The molecule has 0 aromatic carbocycles. The molecule has 0 aliphatic heterocycles. The van der Waals surface area contributed by atoms with Crippen molar-refractivity contribution in [2.45, 2.75) is 13.0 Å². The zero-order valence-electron chi connectivity index (χ0n) is 8.73. The molecule has 7 heteroatoms. The fourth-order valence-electron chi connectivity index (χ4n) is 0.995. The van der Waals surface area contributed by atoms with Crippen molar-refractivity contribution in [2.75, 3.05) is 13.7 Å². The van der Waals surface area contributed by atoms with E-state index in [9.17, 15) is 9.59 Å². The van der Waals surface area contributed by atoms with Crippen LogP contribution in [0, 0.1) is 0 Å². The summed E-state index contributed by atoms with van der Waals surface area (Å²) in [4.78, 5) is 25.2. The molecule has 88 valence electrons. The smallest absolute Gasteiger partial charge is 0.365 e. The van der Waals surface area contributed by atoms with Crippen LogP contribution in [0.4, 0.5) is 0 Å². The Balaban J connectivity index is 2.27. The number of thiazole rings is 1. The van der Waals surface area contributed by atoms with Gasteiger partial charge < -0.3 is 15.2 Å². The summed E-state index contributed by atoms with van der Waals surface area (Å²) < 4.78 is 4.47. The molecule has 2 N–H and O–H groups in total. The molecule has 0 bridgehead atoms. The molecular weight excluding hydrogens is 232 g/mol. The van der Waals surface area contributed by atoms with E-state index in [-0.39, 0.29) is 17.4 Å². The minimum atomic E-state index is -1.02.